The predicted molar refractivity (Wildman–Crippen MR) is 86.4 cm³/mol. The number of hydrogen-bond acceptors (Lipinski definition) is 5. The van der Waals surface area contributed by atoms with Crippen molar-refractivity contribution >= 4 is 11.6 Å². The smallest absolute Gasteiger partial charge is 0.132 e. The highest BCUT2D eigenvalue weighted by Gasteiger charge is 2.03. The van der Waals surface area contributed by atoms with Crippen molar-refractivity contribution in [3.05, 3.63) is 11.9 Å². The molecule has 1 heterocycles. The molecule has 0 saturated heterocycles. The van der Waals surface area contributed by atoms with Crippen molar-refractivity contribution in [3.8, 4) is 0 Å². The molecule has 0 aliphatic rings. The van der Waals surface area contributed by atoms with E-state index in [1.54, 1.807) is 0 Å². The molecule has 1 aromatic heterocycles. The molecule has 0 spiro atoms. The van der Waals surface area contributed by atoms with Crippen LogP contribution in [0.5, 0.6) is 0 Å². The molecule has 0 bridgehead atoms. The molecule has 0 saturated carbocycles. The summed E-state index contributed by atoms with van der Waals surface area (Å²) in [7, 11) is 4.06. The minimum absolute atomic E-state index is 0.620. The molecule has 0 fully saturated rings. The van der Waals surface area contributed by atoms with Crippen LogP contribution in [0.1, 0.15) is 39.4 Å². The average molecular weight is 279 g/mol. The molecule has 0 unspecified atom stereocenters. The lowest BCUT2D eigenvalue weighted by atomic mass is 10.2. The van der Waals surface area contributed by atoms with E-state index in [-0.39, 0.29) is 0 Å². The highest BCUT2D eigenvalue weighted by molar-refractivity contribution is 5.47. The topological polar surface area (TPSA) is 53.1 Å². The van der Waals surface area contributed by atoms with Gasteiger partial charge in [0.05, 0.1) is 0 Å². The Morgan fingerprint density at radius 2 is 1.90 bits per heavy atom. The summed E-state index contributed by atoms with van der Waals surface area (Å²) in [5.74, 6) is 2.66. The van der Waals surface area contributed by atoms with Crippen molar-refractivity contribution < 1.29 is 0 Å². The molecular formula is C15H29N5. The van der Waals surface area contributed by atoms with Gasteiger partial charge < -0.3 is 15.5 Å². The third-order valence-electron chi connectivity index (χ3n) is 3.47. The zero-order valence-corrected chi connectivity index (χ0v) is 13.5. The van der Waals surface area contributed by atoms with E-state index in [0.29, 0.717) is 6.04 Å². The van der Waals surface area contributed by atoms with Crippen molar-refractivity contribution in [1.29, 1.82) is 0 Å². The average Bonchev–Trinajstić information content (AvgIpc) is 2.46. The summed E-state index contributed by atoms with van der Waals surface area (Å²) in [5.41, 5.74) is 0. The van der Waals surface area contributed by atoms with Gasteiger partial charge in [-0.15, -0.1) is 0 Å². The largest absolute Gasteiger partial charge is 0.373 e. The van der Waals surface area contributed by atoms with E-state index in [1.165, 1.54) is 6.42 Å². The van der Waals surface area contributed by atoms with E-state index in [1.807, 2.05) is 13.1 Å². The minimum Gasteiger partial charge on any atom is -0.373 e. The molecule has 0 aromatic carbocycles. The van der Waals surface area contributed by atoms with Gasteiger partial charge in [-0.2, -0.15) is 0 Å². The first kappa shape index (κ1) is 16.7. The van der Waals surface area contributed by atoms with Crippen LogP contribution in [0.15, 0.2) is 6.07 Å². The van der Waals surface area contributed by atoms with Gasteiger partial charge in [0.2, 0.25) is 0 Å². The zero-order chi connectivity index (χ0) is 15.0. The van der Waals surface area contributed by atoms with Crippen LogP contribution < -0.4 is 10.6 Å². The first-order chi connectivity index (χ1) is 9.56. The normalized spacial score (nSPS) is 11.2. The maximum absolute atomic E-state index is 4.49. The Labute approximate surface area is 123 Å². The number of unbranched alkanes of at least 4 members (excludes halogenated alkanes) is 1. The molecule has 1 aromatic rings. The molecule has 5 heteroatoms. The zero-order valence-electron chi connectivity index (χ0n) is 13.5. The standard InChI is InChI=1S/C15H29N5/c1-6-13-18-14(16-4)11-15(19-13)17-9-7-8-10-20(5)12(2)3/h11-12H,6-10H2,1-5H3,(H2,16,17,18,19). The minimum atomic E-state index is 0.620. The Hall–Kier alpha value is -1.36. The Balaban J connectivity index is 2.34. The number of aryl methyl sites for hydroxylation is 1. The fourth-order valence-corrected chi connectivity index (χ4v) is 1.83. The molecule has 0 aliphatic heterocycles. The van der Waals surface area contributed by atoms with Crippen LogP contribution in [0.25, 0.3) is 0 Å². The van der Waals surface area contributed by atoms with Crippen molar-refractivity contribution in [2.24, 2.45) is 0 Å². The molecule has 0 amide bonds. The second-order valence-corrected chi connectivity index (χ2v) is 5.37. The maximum atomic E-state index is 4.49. The second kappa shape index (κ2) is 8.74. The van der Waals surface area contributed by atoms with E-state index in [0.717, 1.165) is 43.4 Å². The van der Waals surface area contributed by atoms with Crippen LogP contribution in [0.3, 0.4) is 0 Å². The summed E-state index contributed by atoms with van der Waals surface area (Å²) in [5, 5.41) is 6.46. The van der Waals surface area contributed by atoms with Gasteiger partial charge in [-0.3, -0.25) is 0 Å². The fourth-order valence-electron chi connectivity index (χ4n) is 1.83. The van der Waals surface area contributed by atoms with Crippen molar-refractivity contribution in [3.63, 3.8) is 0 Å². The number of nitrogens with one attached hydrogen (secondary N) is 2. The van der Waals surface area contributed by atoms with Crippen molar-refractivity contribution in [2.75, 3.05) is 37.8 Å². The number of rotatable bonds is 9. The van der Waals surface area contributed by atoms with Gasteiger partial charge in [0.1, 0.15) is 17.5 Å². The van der Waals surface area contributed by atoms with Gasteiger partial charge in [0.25, 0.3) is 0 Å². The molecule has 0 atom stereocenters. The van der Waals surface area contributed by atoms with E-state index in [2.05, 4.69) is 53.3 Å². The van der Waals surface area contributed by atoms with Crippen LogP contribution in [-0.2, 0) is 6.42 Å². The highest BCUT2D eigenvalue weighted by atomic mass is 15.1. The Morgan fingerprint density at radius 3 is 2.50 bits per heavy atom. The molecule has 1 rings (SSSR count). The Bertz CT molecular complexity index is 370. The molecule has 114 valence electrons. The number of anilines is 2. The summed E-state index contributed by atoms with van der Waals surface area (Å²) in [4.78, 5) is 11.3. The first-order valence-electron chi connectivity index (χ1n) is 7.56. The molecule has 20 heavy (non-hydrogen) atoms. The van der Waals surface area contributed by atoms with Crippen LogP contribution in [0.2, 0.25) is 0 Å². The van der Waals surface area contributed by atoms with Gasteiger partial charge >= 0.3 is 0 Å². The second-order valence-electron chi connectivity index (χ2n) is 5.37. The Kier molecular flexibility index (Phi) is 7.30. The Morgan fingerprint density at radius 1 is 1.20 bits per heavy atom. The number of nitrogens with zero attached hydrogens (tertiary/aromatic N) is 3. The molecular weight excluding hydrogens is 250 g/mol. The molecule has 2 N–H and O–H groups in total. The van der Waals surface area contributed by atoms with E-state index >= 15 is 0 Å². The third kappa shape index (κ3) is 5.74. The van der Waals surface area contributed by atoms with Gasteiger partial charge in [0, 0.05) is 32.1 Å². The summed E-state index contributed by atoms with van der Waals surface area (Å²) in [6, 6.07) is 2.58. The van der Waals surface area contributed by atoms with Crippen LogP contribution in [-0.4, -0.2) is 48.1 Å². The number of hydrogen-bond donors (Lipinski definition) is 2. The summed E-state index contributed by atoms with van der Waals surface area (Å²) >= 11 is 0. The number of aromatic nitrogens is 2. The van der Waals surface area contributed by atoms with E-state index in [9.17, 15) is 0 Å². The van der Waals surface area contributed by atoms with Crippen LogP contribution in [0, 0.1) is 0 Å². The first-order valence-corrected chi connectivity index (χ1v) is 7.56. The van der Waals surface area contributed by atoms with Crippen molar-refractivity contribution in [2.45, 2.75) is 46.1 Å². The van der Waals surface area contributed by atoms with Crippen LogP contribution in [0.4, 0.5) is 11.6 Å². The van der Waals surface area contributed by atoms with Gasteiger partial charge in [0.15, 0.2) is 0 Å². The lowest BCUT2D eigenvalue weighted by molar-refractivity contribution is 0.269. The molecule has 5 nitrogen and oxygen atoms in total. The lowest BCUT2D eigenvalue weighted by Crippen LogP contribution is -2.27. The monoisotopic (exact) mass is 279 g/mol. The fraction of sp³-hybridized carbons (Fsp3) is 0.733. The molecule has 0 radical (unpaired) electrons. The van der Waals surface area contributed by atoms with E-state index in [4.69, 9.17) is 0 Å². The van der Waals surface area contributed by atoms with Gasteiger partial charge in [-0.1, -0.05) is 6.92 Å². The van der Waals surface area contributed by atoms with Gasteiger partial charge in [-0.25, -0.2) is 9.97 Å². The lowest BCUT2D eigenvalue weighted by Gasteiger charge is -2.20. The summed E-state index contributed by atoms with van der Waals surface area (Å²) in [6.45, 7) is 8.62. The summed E-state index contributed by atoms with van der Waals surface area (Å²) < 4.78 is 0. The third-order valence-corrected chi connectivity index (χ3v) is 3.47. The van der Waals surface area contributed by atoms with Crippen molar-refractivity contribution in [1.82, 2.24) is 14.9 Å². The SMILES string of the molecule is CCc1nc(NC)cc(NCCCCN(C)C(C)C)n1. The highest BCUT2D eigenvalue weighted by Crippen LogP contribution is 2.11. The maximum Gasteiger partial charge on any atom is 0.132 e. The predicted octanol–water partition coefficient (Wildman–Crippen LogP) is 2.61. The van der Waals surface area contributed by atoms with E-state index < -0.39 is 0 Å². The quantitative estimate of drug-likeness (QED) is 0.681. The van der Waals surface area contributed by atoms with Gasteiger partial charge in [-0.05, 0) is 40.3 Å². The molecule has 0 aliphatic carbocycles. The van der Waals surface area contributed by atoms with Crippen LogP contribution >= 0.6 is 0 Å². The summed E-state index contributed by atoms with van der Waals surface area (Å²) in [6.07, 6.45) is 3.20.